The van der Waals surface area contributed by atoms with Crippen molar-refractivity contribution < 1.29 is 26.9 Å². The van der Waals surface area contributed by atoms with Crippen molar-refractivity contribution in [2.75, 3.05) is 5.75 Å². The van der Waals surface area contributed by atoms with Crippen molar-refractivity contribution in [1.29, 1.82) is 0 Å². The summed E-state index contributed by atoms with van der Waals surface area (Å²) in [5.74, 6) is -0.112. The average molecular weight is 391 g/mol. The van der Waals surface area contributed by atoms with Crippen LogP contribution >= 0.6 is 11.8 Å². The van der Waals surface area contributed by atoms with Crippen molar-refractivity contribution in [3.8, 4) is 0 Å². The Morgan fingerprint density at radius 2 is 1.96 bits per heavy atom. The first-order valence-electron chi connectivity index (χ1n) is 8.80. The summed E-state index contributed by atoms with van der Waals surface area (Å²) in [6.45, 7) is 7.90. The van der Waals surface area contributed by atoms with Crippen LogP contribution in [0.25, 0.3) is 0 Å². The molecule has 5 atom stereocenters. The zero-order valence-electron chi connectivity index (χ0n) is 15.1. The number of esters is 1. The second kappa shape index (κ2) is 6.53. The van der Waals surface area contributed by atoms with Crippen molar-refractivity contribution >= 4 is 33.0 Å². The third-order valence-corrected chi connectivity index (χ3v) is 8.44. The van der Waals surface area contributed by atoms with E-state index in [1.165, 1.54) is 0 Å². The predicted octanol–water partition coefficient (Wildman–Crippen LogP) is 2.37. The molecule has 3 rings (SSSR count). The Bertz CT molecular complexity index is 669. The average Bonchev–Trinajstić information content (AvgIpc) is 3.07. The summed E-state index contributed by atoms with van der Waals surface area (Å²) in [5, 5.41) is -0.448. The van der Waals surface area contributed by atoms with E-state index in [2.05, 4.69) is 13.8 Å². The van der Waals surface area contributed by atoms with Gasteiger partial charge in [0.1, 0.15) is 12.2 Å². The minimum Gasteiger partial charge on any atom is -0.459 e. The lowest BCUT2D eigenvalue weighted by Gasteiger charge is -2.26. The van der Waals surface area contributed by atoms with Gasteiger partial charge in [0, 0.05) is 17.3 Å². The summed E-state index contributed by atoms with van der Waals surface area (Å²) in [4.78, 5) is 24.5. The summed E-state index contributed by atoms with van der Waals surface area (Å²) < 4.78 is 34.5. The third kappa shape index (κ3) is 3.62. The fourth-order valence-electron chi connectivity index (χ4n) is 4.65. The topological polar surface area (TPSA) is 86.7 Å². The van der Waals surface area contributed by atoms with Crippen LogP contribution in [-0.2, 0) is 28.6 Å². The number of rotatable bonds is 6. The van der Waals surface area contributed by atoms with Gasteiger partial charge in [-0.25, -0.2) is 0 Å². The van der Waals surface area contributed by atoms with E-state index in [0.29, 0.717) is 12.3 Å². The normalized spacial score (nSPS) is 35.3. The Labute approximate surface area is 153 Å². The number of thioether (sulfide) groups is 1. The quantitative estimate of drug-likeness (QED) is 0.508. The molecule has 0 spiro atoms. The second-order valence-corrected chi connectivity index (χ2v) is 11.2. The molecule has 1 saturated heterocycles. The number of hydrogen-bond acceptors (Lipinski definition) is 7. The molecular formula is C17H26O6S2. The number of carbonyl (C=O) groups excluding carboxylic acids is 2. The highest BCUT2D eigenvalue weighted by Gasteiger charge is 2.65. The monoisotopic (exact) mass is 390 g/mol. The Hall–Kier alpha value is -0.600. The molecule has 0 aromatic rings. The molecule has 0 amide bonds. The number of hydrogen-bond donors (Lipinski definition) is 0. The lowest BCUT2D eigenvalue weighted by Crippen LogP contribution is -2.37. The van der Waals surface area contributed by atoms with Crippen LogP contribution in [0.2, 0.25) is 0 Å². The Kier molecular flexibility index (Phi) is 5.01. The van der Waals surface area contributed by atoms with E-state index in [0.717, 1.165) is 24.6 Å². The van der Waals surface area contributed by atoms with Gasteiger partial charge in [0.2, 0.25) is 0 Å². The standard InChI is InChI=1S/C17H26O6S2/c1-9(2)7-17(3,4)16(19)24-8-13(18)22-14-10-5-11-12(6-10)25(20,21)23-15(11)14/h9-12,14-15H,5-8H2,1-4H3. The summed E-state index contributed by atoms with van der Waals surface area (Å²) in [6.07, 6.45) is 0.978. The summed E-state index contributed by atoms with van der Waals surface area (Å²) in [6, 6.07) is 0. The van der Waals surface area contributed by atoms with Crippen LogP contribution < -0.4 is 0 Å². The number of carbonyl (C=O) groups is 2. The van der Waals surface area contributed by atoms with E-state index < -0.39 is 39.0 Å². The highest BCUT2D eigenvalue weighted by molar-refractivity contribution is 8.14. The fourth-order valence-corrected chi connectivity index (χ4v) is 7.33. The molecule has 142 valence electrons. The zero-order valence-corrected chi connectivity index (χ0v) is 16.7. The molecule has 3 fully saturated rings. The molecule has 5 unspecified atom stereocenters. The smallest absolute Gasteiger partial charge is 0.316 e. The van der Waals surface area contributed by atoms with Crippen LogP contribution in [0.4, 0.5) is 0 Å². The van der Waals surface area contributed by atoms with E-state index in [9.17, 15) is 18.0 Å². The molecular weight excluding hydrogens is 364 g/mol. The molecule has 6 nitrogen and oxygen atoms in total. The lowest BCUT2D eigenvalue weighted by molar-refractivity contribution is -0.152. The zero-order chi connectivity index (χ0) is 18.6. The SMILES string of the molecule is CC(C)CC(C)(C)C(=O)SCC(=O)OC1C2CC3C1OS(=O)(=O)C3C2. The summed E-state index contributed by atoms with van der Waals surface area (Å²) in [5.41, 5.74) is -0.485. The molecule has 0 aromatic carbocycles. The molecule has 3 aliphatic rings. The van der Waals surface area contributed by atoms with Crippen LogP contribution in [0.5, 0.6) is 0 Å². The predicted molar refractivity (Wildman–Crippen MR) is 94.4 cm³/mol. The molecule has 1 heterocycles. The molecule has 2 aliphatic carbocycles. The van der Waals surface area contributed by atoms with Crippen molar-refractivity contribution in [1.82, 2.24) is 0 Å². The molecule has 0 aromatic heterocycles. The van der Waals surface area contributed by atoms with Gasteiger partial charge in [0.05, 0.1) is 11.0 Å². The van der Waals surface area contributed by atoms with Gasteiger partial charge in [-0.15, -0.1) is 0 Å². The van der Waals surface area contributed by atoms with Gasteiger partial charge in [-0.1, -0.05) is 39.5 Å². The molecule has 0 N–H and O–H groups in total. The van der Waals surface area contributed by atoms with Crippen molar-refractivity contribution in [2.45, 2.75) is 64.4 Å². The highest BCUT2D eigenvalue weighted by atomic mass is 32.2. The van der Waals surface area contributed by atoms with E-state index in [-0.39, 0.29) is 22.7 Å². The van der Waals surface area contributed by atoms with Crippen molar-refractivity contribution in [3.63, 3.8) is 0 Å². The van der Waals surface area contributed by atoms with Crippen molar-refractivity contribution in [2.24, 2.45) is 23.2 Å². The van der Waals surface area contributed by atoms with Crippen LogP contribution in [0, 0.1) is 23.2 Å². The molecule has 8 heteroatoms. The molecule has 0 radical (unpaired) electrons. The Balaban J connectivity index is 1.52. The van der Waals surface area contributed by atoms with E-state index in [1.54, 1.807) is 0 Å². The van der Waals surface area contributed by atoms with Crippen LogP contribution in [-0.4, -0.2) is 42.7 Å². The highest BCUT2D eigenvalue weighted by Crippen LogP contribution is 2.55. The largest absolute Gasteiger partial charge is 0.459 e. The van der Waals surface area contributed by atoms with Gasteiger partial charge >= 0.3 is 5.97 Å². The molecule has 2 saturated carbocycles. The van der Waals surface area contributed by atoms with Crippen LogP contribution in [0.15, 0.2) is 0 Å². The summed E-state index contributed by atoms with van der Waals surface area (Å²) >= 11 is 0.983. The van der Waals surface area contributed by atoms with Gasteiger partial charge in [-0.2, -0.15) is 8.42 Å². The maximum absolute atomic E-state index is 12.3. The minimum absolute atomic E-state index is 0.0224. The first kappa shape index (κ1) is 19.2. The Morgan fingerprint density at radius 1 is 1.28 bits per heavy atom. The van der Waals surface area contributed by atoms with E-state index in [1.807, 2.05) is 13.8 Å². The second-order valence-electron chi connectivity index (χ2n) is 8.50. The van der Waals surface area contributed by atoms with Gasteiger partial charge in [-0.05, 0) is 25.2 Å². The van der Waals surface area contributed by atoms with Gasteiger partial charge in [0.15, 0.2) is 5.12 Å². The van der Waals surface area contributed by atoms with Gasteiger partial charge < -0.3 is 4.74 Å². The van der Waals surface area contributed by atoms with Crippen LogP contribution in [0.3, 0.4) is 0 Å². The maximum atomic E-state index is 12.3. The van der Waals surface area contributed by atoms with Crippen LogP contribution in [0.1, 0.15) is 47.0 Å². The Morgan fingerprint density at radius 3 is 2.60 bits per heavy atom. The third-order valence-electron chi connectivity index (χ3n) is 5.47. The van der Waals surface area contributed by atoms with Gasteiger partial charge in [-0.3, -0.25) is 13.8 Å². The first-order chi connectivity index (χ1) is 11.5. The van der Waals surface area contributed by atoms with E-state index >= 15 is 0 Å². The molecule has 25 heavy (non-hydrogen) atoms. The maximum Gasteiger partial charge on any atom is 0.316 e. The molecule has 2 bridgehead atoms. The molecule has 1 aliphatic heterocycles. The minimum atomic E-state index is -3.51. The number of ether oxygens (including phenoxy) is 1. The summed E-state index contributed by atoms with van der Waals surface area (Å²) in [7, 11) is -3.51. The van der Waals surface area contributed by atoms with E-state index in [4.69, 9.17) is 8.92 Å². The lowest BCUT2D eigenvalue weighted by atomic mass is 9.85. The van der Waals surface area contributed by atoms with Gasteiger partial charge in [0.25, 0.3) is 10.1 Å². The van der Waals surface area contributed by atoms with Crippen molar-refractivity contribution in [3.05, 3.63) is 0 Å². The number of fused-ring (bicyclic) bond motifs is 1. The fraction of sp³-hybridized carbons (Fsp3) is 0.882. The first-order valence-corrected chi connectivity index (χ1v) is 11.3.